The van der Waals surface area contributed by atoms with E-state index < -0.39 is 0 Å². The summed E-state index contributed by atoms with van der Waals surface area (Å²) in [6.07, 6.45) is 19.6. The van der Waals surface area contributed by atoms with Gasteiger partial charge in [0.25, 0.3) is 0 Å². The van der Waals surface area contributed by atoms with Gasteiger partial charge in [-0.2, -0.15) is 0 Å². The maximum Gasteiger partial charge on any atom is 0.245 e. The zero-order chi connectivity index (χ0) is 22.5. The third kappa shape index (κ3) is 3.96. The second-order valence-corrected chi connectivity index (χ2v) is 13.2. The van der Waals surface area contributed by atoms with Crippen LogP contribution in [-0.2, 0) is 4.79 Å². The molecule has 6 atom stereocenters. The molecular weight excluding hydrogens is 394 g/mol. The van der Waals surface area contributed by atoms with Gasteiger partial charge in [0.05, 0.1) is 0 Å². The predicted octanol–water partition coefficient (Wildman–Crippen LogP) is 5.91. The Balaban J connectivity index is 1.45. The van der Waals surface area contributed by atoms with Crippen LogP contribution in [0.4, 0.5) is 0 Å². The van der Waals surface area contributed by atoms with Gasteiger partial charge in [-0.15, -0.1) is 0 Å². The van der Waals surface area contributed by atoms with Crippen LogP contribution in [0.1, 0.15) is 117 Å². The fourth-order valence-electron chi connectivity index (χ4n) is 9.16. The second kappa shape index (κ2) is 8.87. The zero-order valence-corrected chi connectivity index (χ0v) is 21.4. The molecule has 5 fully saturated rings. The van der Waals surface area contributed by atoms with E-state index in [1.54, 1.807) is 0 Å². The van der Waals surface area contributed by atoms with Crippen LogP contribution >= 0.6 is 0 Å². The Hall–Kier alpha value is -0.610. The molecule has 5 unspecified atom stereocenters. The van der Waals surface area contributed by atoms with Crippen molar-refractivity contribution in [3.05, 3.63) is 0 Å². The number of amides is 1. The standard InChI is InChI=1S/C28H49N3O/c1-20-16-23(19-27(2,3)17-20)30-25(32)28(15-14-21-10-6-5-7-11-21)18-22-12-8-9-13-24(22)31(28)26(30)29-4/h20-24,26,29H,5-19H2,1-4H3/t20?,22?,23?,24?,26?,28-/m1/s1. The molecule has 1 N–H and O–H groups in total. The van der Waals surface area contributed by atoms with Gasteiger partial charge in [0.1, 0.15) is 11.8 Å². The highest BCUT2D eigenvalue weighted by atomic mass is 16.2. The maximum atomic E-state index is 14.6. The lowest BCUT2D eigenvalue weighted by Crippen LogP contribution is -2.57. The van der Waals surface area contributed by atoms with Crippen LogP contribution in [0.3, 0.4) is 0 Å². The van der Waals surface area contributed by atoms with Gasteiger partial charge in [0.2, 0.25) is 5.91 Å². The monoisotopic (exact) mass is 443 g/mol. The molecule has 1 amide bonds. The van der Waals surface area contributed by atoms with Crippen LogP contribution < -0.4 is 5.32 Å². The number of hydrogen-bond acceptors (Lipinski definition) is 3. The van der Waals surface area contributed by atoms with Crippen LogP contribution in [0.15, 0.2) is 0 Å². The highest BCUT2D eigenvalue weighted by molar-refractivity contribution is 5.90. The van der Waals surface area contributed by atoms with Crippen molar-refractivity contribution in [2.75, 3.05) is 7.05 Å². The number of nitrogens with zero attached hydrogens (tertiary/aromatic N) is 2. The van der Waals surface area contributed by atoms with Gasteiger partial charge >= 0.3 is 0 Å². The number of carbonyl (C=O) groups excluding carboxylic acids is 1. The van der Waals surface area contributed by atoms with Crippen molar-refractivity contribution in [2.24, 2.45) is 23.2 Å². The zero-order valence-electron chi connectivity index (χ0n) is 21.4. The summed E-state index contributed by atoms with van der Waals surface area (Å²) < 4.78 is 0. The molecule has 182 valence electrons. The quantitative estimate of drug-likeness (QED) is 0.574. The Labute approximate surface area is 197 Å². The largest absolute Gasteiger partial charge is 0.309 e. The first-order valence-electron chi connectivity index (χ1n) is 14.1. The highest BCUT2D eigenvalue weighted by Gasteiger charge is 2.66. The van der Waals surface area contributed by atoms with Crippen molar-refractivity contribution in [1.82, 2.24) is 15.1 Å². The van der Waals surface area contributed by atoms with Crippen LogP contribution in [0.2, 0.25) is 0 Å². The molecule has 3 saturated carbocycles. The van der Waals surface area contributed by atoms with E-state index in [0.717, 1.165) is 31.1 Å². The molecule has 2 aliphatic heterocycles. The van der Waals surface area contributed by atoms with Crippen molar-refractivity contribution >= 4 is 5.91 Å². The summed E-state index contributed by atoms with van der Waals surface area (Å²) >= 11 is 0. The van der Waals surface area contributed by atoms with Crippen molar-refractivity contribution in [3.63, 3.8) is 0 Å². The van der Waals surface area contributed by atoms with Crippen LogP contribution in [0.5, 0.6) is 0 Å². The Morgan fingerprint density at radius 1 is 0.969 bits per heavy atom. The van der Waals surface area contributed by atoms with Gasteiger partial charge in [-0.3, -0.25) is 15.0 Å². The number of hydrogen-bond donors (Lipinski definition) is 1. The minimum absolute atomic E-state index is 0.105. The molecule has 4 nitrogen and oxygen atoms in total. The molecule has 0 aromatic heterocycles. The summed E-state index contributed by atoms with van der Waals surface area (Å²) in [4.78, 5) is 19.7. The molecule has 0 bridgehead atoms. The minimum Gasteiger partial charge on any atom is -0.309 e. The number of rotatable bonds is 5. The number of fused-ring (bicyclic) bond motifs is 3. The van der Waals surface area contributed by atoms with Gasteiger partial charge in [0.15, 0.2) is 0 Å². The normalized spacial score (nSPS) is 42.8. The molecular formula is C28H49N3O. The molecule has 3 aliphatic carbocycles. The molecule has 5 aliphatic rings. The second-order valence-electron chi connectivity index (χ2n) is 13.2. The molecule has 0 aromatic rings. The summed E-state index contributed by atoms with van der Waals surface area (Å²) in [5, 5.41) is 3.68. The van der Waals surface area contributed by atoms with Gasteiger partial charge in [-0.05, 0) is 81.6 Å². The van der Waals surface area contributed by atoms with E-state index >= 15 is 0 Å². The maximum absolute atomic E-state index is 14.6. The van der Waals surface area contributed by atoms with Gasteiger partial charge in [0, 0.05) is 12.1 Å². The van der Waals surface area contributed by atoms with E-state index in [1.165, 1.54) is 77.0 Å². The highest BCUT2D eigenvalue weighted by Crippen LogP contribution is 2.54. The minimum atomic E-state index is -0.227. The third-order valence-corrected chi connectivity index (χ3v) is 10.2. The van der Waals surface area contributed by atoms with Crippen LogP contribution in [0.25, 0.3) is 0 Å². The van der Waals surface area contributed by atoms with E-state index in [2.05, 4.69) is 42.9 Å². The van der Waals surface area contributed by atoms with Gasteiger partial charge in [-0.1, -0.05) is 65.7 Å². The van der Waals surface area contributed by atoms with Crippen molar-refractivity contribution in [1.29, 1.82) is 0 Å². The van der Waals surface area contributed by atoms with Crippen LogP contribution in [-0.4, -0.2) is 46.7 Å². The molecule has 5 rings (SSSR count). The Bertz CT molecular complexity index is 686. The van der Waals surface area contributed by atoms with Crippen molar-refractivity contribution in [2.45, 2.75) is 141 Å². The lowest BCUT2D eigenvalue weighted by atomic mass is 9.70. The lowest BCUT2D eigenvalue weighted by Gasteiger charge is -2.46. The Morgan fingerprint density at radius 2 is 1.69 bits per heavy atom. The van der Waals surface area contributed by atoms with E-state index in [9.17, 15) is 4.79 Å². The summed E-state index contributed by atoms with van der Waals surface area (Å²) in [6.45, 7) is 7.24. The SMILES string of the molecule is CNC1N(C2CC(C)CC(C)(C)C2)C(=O)[C@@]2(CCC3CCCCC3)CC3CCCCC3N12. The molecule has 0 spiro atoms. The smallest absolute Gasteiger partial charge is 0.245 e. The van der Waals surface area contributed by atoms with Crippen LogP contribution in [0, 0.1) is 23.2 Å². The summed E-state index contributed by atoms with van der Waals surface area (Å²) in [7, 11) is 2.11. The molecule has 4 heteroatoms. The molecule has 0 radical (unpaired) electrons. The molecule has 2 saturated heterocycles. The third-order valence-electron chi connectivity index (χ3n) is 10.2. The number of nitrogens with one attached hydrogen (secondary N) is 1. The molecule has 2 heterocycles. The number of carbonyl (C=O) groups is 1. The molecule has 0 aromatic carbocycles. The van der Waals surface area contributed by atoms with E-state index in [0.29, 0.717) is 29.3 Å². The Kier molecular flexibility index (Phi) is 6.42. The first kappa shape index (κ1) is 23.1. The Morgan fingerprint density at radius 3 is 2.41 bits per heavy atom. The predicted molar refractivity (Wildman–Crippen MR) is 131 cm³/mol. The summed E-state index contributed by atoms with van der Waals surface area (Å²) in [5.41, 5.74) is 0.103. The first-order valence-corrected chi connectivity index (χ1v) is 14.1. The molecule has 32 heavy (non-hydrogen) atoms. The fourth-order valence-corrected chi connectivity index (χ4v) is 9.16. The first-order chi connectivity index (χ1) is 15.3. The fraction of sp³-hybridized carbons (Fsp3) is 0.964. The average molecular weight is 444 g/mol. The summed E-state index contributed by atoms with van der Waals surface area (Å²) in [6, 6.07) is 0.994. The summed E-state index contributed by atoms with van der Waals surface area (Å²) in [5.74, 6) is 2.78. The topological polar surface area (TPSA) is 35.6 Å². The van der Waals surface area contributed by atoms with E-state index in [1.807, 2.05) is 0 Å². The lowest BCUT2D eigenvalue weighted by molar-refractivity contribution is -0.138. The average Bonchev–Trinajstić information content (AvgIpc) is 3.21. The van der Waals surface area contributed by atoms with Gasteiger partial charge < -0.3 is 4.90 Å². The van der Waals surface area contributed by atoms with Gasteiger partial charge in [-0.25, -0.2) is 0 Å². The van der Waals surface area contributed by atoms with E-state index in [-0.39, 0.29) is 11.8 Å². The van der Waals surface area contributed by atoms with E-state index in [4.69, 9.17) is 0 Å². The van der Waals surface area contributed by atoms with Crippen molar-refractivity contribution < 1.29 is 4.79 Å². The van der Waals surface area contributed by atoms with Crippen molar-refractivity contribution in [3.8, 4) is 0 Å².